The van der Waals surface area contributed by atoms with Crippen molar-refractivity contribution in [2.45, 2.75) is 32.3 Å². The van der Waals surface area contributed by atoms with Crippen LogP contribution in [0, 0.1) is 5.92 Å². The quantitative estimate of drug-likeness (QED) is 0.720. The second kappa shape index (κ2) is 8.01. The molecule has 0 aliphatic rings. The van der Waals surface area contributed by atoms with E-state index in [-0.39, 0.29) is 16.8 Å². The lowest BCUT2D eigenvalue weighted by atomic mass is 10.1. The Bertz CT molecular complexity index is 823. The highest BCUT2D eigenvalue weighted by Gasteiger charge is 2.23. The zero-order valence-corrected chi connectivity index (χ0v) is 14.9. The molecule has 24 heavy (non-hydrogen) atoms. The SMILES string of the molecule is C/C=C/[C@H](C)/C=C(/C)CCS(=O)(=O)c1nnnn1-c1ccccc1. The molecule has 128 valence electrons. The van der Waals surface area contributed by atoms with E-state index in [1.807, 2.05) is 38.1 Å². The number of benzene rings is 1. The van der Waals surface area contributed by atoms with E-state index in [9.17, 15) is 8.42 Å². The van der Waals surface area contributed by atoms with Gasteiger partial charge in [0.25, 0.3) is 5.16 Å². The van der Waals surface area contributed by atoms with Crippen molar-refractivity contribution in [2.24, 2.45) is 5.92 Å². The van der Waals surface area contributed by atoms with Gasteiger partial charge in [0.15, 0.2) is 0 Å². The Hall–Kier alpha value is -2.28. The van der Waals surface area contributed by atoms with Gasteiger partial charge in [0.05, 0.1) is 11.4 Å². The lowest BCUT2D eigenvalue weighted by molar-refractivity contribution is 0.579. The molecule has 6 nitrogen and oxygen atoms in total. The van der Waals surface area contributed by atoms with E-state index in [0.29, 0.717) is 12.1 Å². The van der Waals surface area contributed by atoms with E-state index >= 15 is 0 Å². The highest BCUT2D eigenvalue weighted by molar-refractivity contribution is 7.91. The van der Waals surface area contributed by atoms with Gasteiger partial charge >= 0.3 is 0 Å². The minimum atomic E-state index is -3.57. The molecule has 0 spiro atoms. The molecule has 2 aromatic rings. The van der Waals surface area contributed by atoms with E-state index in [1.54, 1.807) is 12.1 Å². The standard InChI is InChI=1S/C17H22N4O2S/c1-4-8-14(2)13-15(3)11-12-24(22,23)17-18-19-20-21(17)16-9-6-5-7-10-16/h4-10,13-14H,11-12H2,1-3H3/b8-4+,15-13-/t14-/m0/s1. The molecule has 1 heterocycles. The van der Waals surface area contributed by atoms with Crippen LogP contribution in [0.3, 0.4) is 0 Å². The van der Waals surface area contributed by atoms with E-state index in [1.165, 1.54) is 4.68 Å². The summed E-state index contributed by atoms with van der Waals surface area (Å²) in [7, 11) is -3.57. The topological polar surface area (TPSA) is 77.7 Å². The first kappa shape index (κ1) is 18.1. The lowest BCUT2D eigenvalue weighted by Crippen LogP contribution is -2.14. The fraction of sp³-hybridized carbons (Fsp3) is 0.353. The number of aromatic nitrogens is 4. The van der Waals surface area contributed by atoms with Crippen molar-refractivity contribution in [2.75, 3.05) is 5.75 Å². The molecular formula is C17H22N4O2S. The summed E-state index contributed by atoms with van der Waals surface area (Å²) in [4.78, 5) is 0. The Balaban J connectivity index is 2.17. The number of sulfone groups is 1. The first-order valence-corrected chi connectivity index (χ1v) is 9.46. The van der Waals surface area contributed by atoms with Gasteiger partial charge in [0, 0.05) is 0 Å². The van der Waals surface area contributed by atoms with Crippen LogP contribution in [0.2, 0.25) is 0 Å². The monoisotopic (exact) mass is 346 g/mol. The van der Waals surface area contributed by atoms with Crippen molar-refractivity contribution in [1.82, 2.24) is 20.2 Å². The molecule has 1 aromatic heterocycles. The maximum atomic E-state index is 12.6. The minimum Gasteiger partial charge on any atom is -0.220 e. The van der Waals surface area contributed by atoms with Gasteiger partial charge in [-0.3, -0.25) is 0 Å². The average Bonchev–Trinajstić information content (AvgIpc) is 3.05. The Morgan fingerprint density at radius 1 is 1.29 bits per heavy atom. The summed E-state index contributed by atoms with van der Waals surface area (Å²) >= 11 is 0. The summed E-state index contributed by atoms with van der Waals surface area (Å²) in [5.41, 5.74) is 1.65. The predicted octanol–water partition coefficient (Wildman–Crippen LogP) is 2.98. The van der Waals surface area contributed by atoms with Crippen LogP contribution in [0.5, 0.6) is 0 Å². The summed E-state index contributed by atoms with van der Waals surface area (Å²) < 4.78 is 26.5. The highest BCUT2D eigenvalue weighted by atomic mass is 32.2. The van der Waals surface area contributed by atoms with E-state index in [0.717, 1.165) is 5.57 Å². The minimum absolute atomic E-state index is 0.0227. The first-order valence-electron chi connectivity index (χ1n) is 7.80. The van der Waals surface area contributed by atoms with Crippen molar-refractivity contribution < 1.29 is 8.42 Å². The van der Waals surface area contributed by atoms with Crippen LogP contribution in [0.25, 0.3) is 5.69 Å². The third-order valence-corrected chi connectivity index (χ3v) is 5.08. The molecule has 0 amide bonds. The fourth-order valence-corrected chi connectivity index (χ4v) is 3.72. The molecule has 2 rings (SSSR count). The van der Waals surface area contributed by atoms with Gasteiger partial charge in [-0.2, -0.15) is 4.68 Å². The van der Waals surface area contributed by atoms with Gasteiger partial charge in [0.2, 0.25) is 9.84 Å². The smallest absolute Gasteiger partial charge is 0.220 e. The molecule has 7 heteroatoms. The average molecular weight is 346 g/mol. The van der Waals surface area contributed by atoms with Crippen LogP contribution in [0.15, 0.2) is 59.3 Å². The molecular weight excluding hydrogens is 324 g/mol. The number of allylic oxidation sites excluding steroid dienone is 4. The molecule has 0 saturated heterocycles. The number of rotatable bonds is 7. The molecule has 0 saturated carbocycles. The van der Waals surface area contributed by atoms with Gasteiger partial charge in [-0.1, -0.05) is 54.0 Å². The predicted molar refractivity (Wildman–Crippen MR) is 93.6 cm³/mol. The summed E-state index contributed by atoms with van der Waals surface area (Å²) in [6.07, 6.45) is 6.56. The molecule has 0 unspecified atom stereocenters. The lowest BCUT2D eigenvalue weighted by Gasteiger charge is -2.07. The summed E-state index contributed by atoms with van der Waals surface area (Å²) in [6, 6.07) is 8.99. The van der Waals surface area contributed by atoms with E-state index in [2.05, 4.69) is 34.6 Å². The molecule has 0 radical (unpaired) electrons. The molecule has 0 aliphatic heterocycles. The Labute approximate surface area is 142 Å². The van der Waals surface area contributed by atoms with Crippen LogP contribution in [-0.2, 0) is 9.84 Å². The van der Waals surface area contributed by atoms with Crippen LogP contribution in [-0.4, -0.2) is 34.4 Å². The normalized spacial score (nSPS) is 14.2. The van der Waals surface area contributed by atoms with Crippen molar-refractivity contribution in [3.63, 3.8) is 0 Å². The van der Waals surface area contributed by atoms with Crippen LogP contribution >= 0.6 is 0 Å². The number of para-hydroxylation sites is 1. The van der Waals surface area contributed by atoms with Gasteiger partial charge < -0.3 is 0 Å². The third kappa shape index (κ3) is 4.61. The fourth-order valence-electron chi connectivity index (χ4n) is 2.38. The Morgan fingerprint density at radius 3 is 2.67 bits per heavy atom. The molecule has 0 bridgehead atoms. The van der Waals surface area contributed by atoms with Crippen molar-refractivity contribution in [1.29, 1.82) is 0 Å². The zero-order chi connectivity index (χ0) is 17.6. The number of hydrogen-bond acceptors (Lipinski definition) is 5. The van der Waals surface area contributed by atoms with E-state index in [4.69, 9.17) is 0 Å². The molecule has 0 N–H and O–H groups in total. The summed E-state index contributed by atoms with van der Waals surface area (Å²) in [6.45, 7) is 5.97. The molecule has 1 aromatic carbocycles. The maximum absolute atomic E-state index is 12.6. The second-order valence-corrected chi connectivity index (χ2v) is 7.68. The van der Waals surface area contributed by atoms with Crippen molar-refractivity contribution in [3.05, 3.63) is 54.1 Å². The maximum Gasteiger partial charge on any atom is 0.272 e. The van der Waals surface area contributed by atoms with Gasteiger partial charge in [-0.25, -0.2) is 8.42 Å². The first-order chi connectivity index (χ1) is 11.4. The van der Waals surface area contributed by atoms with E-state index < -0.39 is 9.84 Å². The van der Waals surface area contributed by atoms with Gasteiger partial charge in [-0.05, 0) is 48.7 Å². The number of nitrogens with zero attached hydrogens (tertiary/aromatic N) is 4. The highest BCUT2D eigenvalue weighted by Crippen LogP contribution is 2.16. The Kier molecular flexibility index (Phi) is 6.03. The molecule has 0 fully saturated rings. The van der Waals surface area contributed by atoms with Gasteiger partial charge in [0.1, 0.15) is 0 Å². The Morgan fingerprint density at radius 2 is 2.00 bits per heavy atom. The van der Waals surface area contributed by atoms with Crippen LogP contribution in [0.4, 0.5) is 0 Å². The second-order valence-electron chi connectivity index (χ2n) is 5.68. The summed E-state index contributed by atoms with van der Waals surface area (Å²) in [5, 5.41) is 10.9. The summed E-state index contributed by atoms with van der Waals surface area (Å²) in [5.74, 6) is 0.262. The van der Waals surface area contributed by atoms with Crippen molar-refractivity contribution >= 4 is 9.84 Å². The number of tetrazole rings is 1. The van der Waals surface area contributed by atoms with Crippen LogP contribution < -0.4 is 0 Å². The molecule has 0 aliphatic carbocycles. The van der Waals surface area contributed by atoms with Gasteiger partial charge in [-0.15, -0.1) is 0 Å². The van der Waals surface area contributed by atoms with Crippen LogP contribution in [0.1, 0.15) is 27.2 Å². The molecule has 1 atom stereocenters. The zero-order valence-electron chi connectivity index (χ0n) is 14.1. The third-order valence-electron chi connectivity index (χ3n) is 3.53. The number of hydrogen-bond donors (Lipinski definition) is 0. The largest absolute Gasteiger partial charge is 0.272 e. The van der Waals surface area contributed by atoms with Crippen molar-refractivity contribution in [3.8, 4) is 5.69 Å².